The van der Waals surface area contributed by atoms with Crippen molar-refractivity contribution < 1.29 is 22.1 Å². The van der Waals surface area contributed by atoms with Crippen molar-refractivity contribution in [3.63, 3.8) is 0 Å². The maximum atomic E-state index is 12.6. The van der Waals surface area contributed by atoms with E-state index >= 15 is 0 Å². The number of hydrogen-bond acceptors (Lipinski definition) is 6. The van der Waals surface area contributed by atoms with Crippen LogP contribution < -0.4 is 14.3 Å². The van der Waals surface area contributed by atoms with Crippen molar-refractivity contribution in [1.29, 1.82) is 0 Å². The normalized spacial score (nSPS) is 11.3. The smallest absolute Gasteiger partial charge is 0.339 e. The number of amides is 1. The molecule has 0 fully saturated rings. The summed E-state index contributed by atoms with van der Waals surface area (Å²) in [6.45, 7) is 1.85. The van der Waals surface area contributed by atoms with Crippen molar-refractivity contribution in [3.8, 4) is 11.5 Å². The number of benzene rings is 3. The molecular weight excluding hydrogens is 452 g/mol. The van der Waals surface area contributed by atoms with E-state index in [0.29, 0.717) is 10.8 Å². The van der Waals surface area contributed by atoms with Gasteiger partial charge in [0.15, 0.2) is 5.75 Å². The van der Waals surface area contributed by atoms with Crippen LogP contribution in [0.5, 0.6) is 11.5 Å². The third kappa shape index (κ3) is 6.32. The van der Waals surface area contributed by atoms with Crippen LogP contribution >= 0.6 is 11.6 Å². The predicted molar refractivity (Wildman–Crippen MR) is 123 cm³/mol. The van der Waals surface area contributed by atoms with Crippen molar-refractivity contribution >= 4 is 33.8 Å². The van der Waals surface area contributed by atoms with Crippen molar-refractivity contribution in [3.05, 3.63) is 88.4 Å². The zero-order valence-electron chi connectivity index (χ0n) is 17.4. The second-order valence-electron chi connectivity index (χ2n) is 6.85. The van der Waals surface area contributed by atoms with Gasteiger partial charge in [-0.25, -0.2) is 5.43 Å². The van der Waals surface area contributed by atoms with Crippen LogP contribution in [-0.2, 0) is 21.3 Å². The van der Waals surface area contributed by atoms with Crippen LogP contribution in [0.2, 0.25) is 5.02 Å². The molecular formula is C23H21ClN2O5S. The molecule has 1 amide bonds. The lowest BCUT2D eigenvalue weighted by Gasteiger charge is -2.10. The first-order valence-electron chi connectivity index (χ1n) is 9.52. The fourth-order valence-corrected chi connectivity index (χ4v) is 3.88. The first-order valence-corrected chi connectivity index (χ1v) is 11.3. The van der Waals surface area contributed by atoms with E-state index in [1.54, 1.807) is 43.5 Å². The molecule has 0 unspecified atom stereocenters. The summed E-state index contributed by atoms with van der Waals surface area (Å²) in [4.78, 5) is 12.2. The molecule has 0 saturated carbocycles. The van der Waals surface area contributed by atoms with Crippen molar-refractivity contribution in [2.75, 3.05) is 7.11 Å². The molecule has 9 heteroatoms. The van der Waals surface area contributed by atoms with Crippen molar-refractivity contribution in [2.45, 2.75) is 18.2 Å². The molecule has 3 aromatic rings. The molecule has 3 rings (SSSR count). The van der Waals surface area contributed by atoms with Gasteiger partial charge in [-0.15, -0.1) is 0 Å². The van der Waals surface area contributed by atoms with Crippen LogP contribution in [-0.4, -0.2) is 27.6 Å². The number of nitrogens with one attached hydrogen (secondary N) is 1. The van der Waals surface area contributed by atoms with E-state index < -0.39 is 10.1 Å². The summed E-state index contributed by atoms with van der Waals surface area (Å²) in [7, 11) is -2.51. The number of hydrazone groups is 1. The Morgan fingerprint density at radius 1 is 1.09 bits per heavy atom. The average Bonchev–Trinajstić information content (AvgIpc) is 2.76. The number of carbonyl (C=O) groups is 1. The summed E-state index contributed by atoms with van der Waals surface area (Å²) < 4.78 is 35.6. The van der Waals surface area contributed by atoms with Gasteiger partial charge in [0.25, 0.3) is 0 Å². The van der Waals surface area contributed by atoms with Crippen LogP contribution in [0.25, 0.3) is 0 Å². The molecule has 0 heterocycles. The van der Waals surface area contributed by atoms with E-state index in [1.165, 1.54) is 36.5 Å². The molecule has 0 saturated heterocycles. The molecule has 166 valence electrons. The number of hydrogen-bond donors (Lipinski definition) is 1. The van der Waals surface area contributed by atoms with Gasteiger partial charge < -0.3 is 8.92 Å². The molecule has 3 aromatic carbocycles. The number of methoxy groups -OCH3 is 1. The van der Waals surface area contributed by atoms with E-state index in [2.05, 4.69) is 10.5 Å². The Morgan fingerprint density at radius 3 is 2.56 bits per heavy atom. The van der Waals surface area contributed by atoms with Crippen LogP contribution in [0.1, 0.15) is 16.7 Å². The predicted octanol–water partition coefficient (Wildman–Crippen LogP) is 4.12. The minimum Gasteiger partial charge on any atom is -0.497 e. The minimum atomic E-state index is -4.06. The Kier molecular flexibility index (Phi) is 7.50. The van der Waals surface area contributed by atoms with Gasteiger partial charge in [0.2, 0.25) is 5.91 Å². The lowest BCUT2D eigenvalue weighted by atomic mass is 10.1. The zero-order valence-corrected chi connectivity index (χ0v) is 19.0. The standard InChI is InChI=1S/C23H21ClN2O5S/c1-16-6-9-21(10-7-16)32(28,29)31-22-11-8-19(24)14-18(22)15-25-26-23(27)13-17-4-3-5-20(12-17)30-2/h3-12,14-15H,13H2,1-2H3,(H,26,27)/b25-15+. The van der Waals surface area contributed by atoms with Crippen molar-refractivity contribution in [1.82, 2.24) is 5.43 Å². The van der Waals surface area contributed by atoms with Gasteiger partial charge in [0.1, 0.15) is 10.6 Å². The fourth-order valence-electron chi connectivity index (χ4n) is 2.75. The monoisotopic (exact) mass is 472 g/mol. The van der Waals surface area contributed by atoms with Gasteiger partial charge in [-0.2, -0.15) is 13.5 Å². The number of halogens is 1. The molecule has 1 N–H and O–H groups in total. The average molecular weight is 473 g/mol. The molecule has 0 aliphatic carbocycles. The quantitative estimate of drug-likeness (QED) is 0.302. The Hall–Kier alpha value is -3.36. The third-order valence-electron chi connectivity index (χ3n) is 4.37. The lowest BCUT2D eigenvalue weighted by molar-refractivity contribution is -0.120. The topological polar surface area (TPSA) is 94.1 Å². The lowest BCUT2D eigenvalue weighted by Crippen LogP contribution is -2.20. The van der Waals surface area contributed by atoms with E-state index in [1.807, 2.05) is 6.92 Å². The molecule has 0 aliphatic rings. The molecule has 0 radical (unpaired) electrons. The number of aryl methyl sites for hydroxylation is 1. The molecule has 0 aliphatic heterocycles. The molecule has 0 spiro atoms. The summed E-state index contributed by atoms with van der Waals surface area (Å²) in [6.07, 6.45) is 1.37. The number of rotatable bonds is 8. The second-order valence-corrected chi connectivity index (χ2v) is 8.84. The SMILES string of the molecule is COc1cccc(CC(=O)N/N=C/c2cc(Cl)ccc2OS(=O)(=O)c2ccc(C)cc2)c1. The number of nitrogens with zero attached hydrogens (tertiary/aromatic N) is 1. The molecule has 0 aromatic heterocycles. The van der Waals surface area contributed by atoms with Gasteiger partial charge in [0.05, 0.1) is 19.7 Å². The van der Waals surface area contributed by atoms with Crippen LogP contribution in [0.3, 0.4) is 0 Å². The van der Waals surface area contributed by atoms with Crippen molar-refractivity contribution in [2.24, 2.45) is 5.10 Å². The van der Waals surface area contributed by atoms with E-state index in [9.17, 15) is 13.2 Å². The Bertz CT molecular complexity index is 1240. The Balaban J connectivity index is 1.72. The van der Waals surface area contributed by atoms with Crippen LogP contribution in [0.4, 0.5) is 0 Å². The van der Waals surface area contributed by atoms with Gasteiger partial charge in [-0.3, -0.25) is 4.79 Å². The summed E-state index contributed by atoms with van der Waals surface area (Å²) in [5.74, 6) is 0.321. The highest BCUT2D eigenvalue weighted by Gasteiger charge is 2.18. The van der Waals surface area contributed by atoms with E-state index in [0.717, 1.165) is 11.1 Å². The van der Waals surface area contributed by atoms with Gasteiger partial charge >= 0.3 is 10.1 Å². The summed E-state index contributed by atoms with van der Waals surface area (Å²) >= 11 is 6.03. The second kappa shape index (κ2) is 10.3. The van der Waals surface area contributed by atoms with Gasteiger partial charge in [-0.1, -0.05) is 41.4 Å². The minimum absolute atomic E-state index is 0.0209. The van der Waals surface area contributed by atoms with E-state index in [4.69, 9.17) is 20.5 Å². The fraction of sp³-hybridized carbons (Fsp3) is 0.130. The van der Waals surface area contributed by atoms with Gasteiger partial charge in [0, 0.05) is 10.6 Å². The largest absolute Gasteiger partial charge is 0.497 e. The van der Waals surface area contributed by atoms with Gasteiger partial charge in [-0.05, 0) is 55.0 Å². The van der Waals surface area contributed by atoms with Crippen LogP contribution in [0, 0.1) is 6.92 Å². The highest BCUT2D eigenvalue weighted by molar-refractivity contribution is 7.87. The summed E-state index contributed by atoms with van der Waals surface area (Å²) in [6, 6.07) is 17.8. The third-order valence-corrected chi connectivity index (χ3v) is 5.86. The summed E-state index contributed by atoms with van der Waals surface area (Å²) in [5.41, 5.74) is 4.37. The molecule has 32 heavy (non-hydrogen) atoms. The highest BCUT2D eigenvalue weighted by Crippen LogP contribution is 2.25. The first kappa shape index (κ1) is 23.3. The molecule has 0 bridgehead atoms. The molecule has 7 nitrogen and oxygen atoms in total. The highest BCUT2D eigenvalue weighted by atomic mass is 35.5. The zero-order chi connectivity index (χ0) is 23.1. The maximum absolute atomic E-state index is 12.6. The van der Waals surface area contributed by atoms with Crippen LogP contribution in [0.15, 0.2) is 76.7 Å². The van der Waals surface area contributed by atoms with E-state index in [-0.39, 0.29) is 28.5 Å². The Morgan fingerprint density at radius 2 is 1.84 bits per heavy atom. The first-order chi connectivity index (χ1) is 15.3. The number of carbonyl (C=O) groups excluding carboxylic acids is 1. The Labute approximate surface area is 191 Å². The molecule has 0 atom stereocenters. The maximum Gasteiger partial charge on any atom is 0.339 e. The summed E-state index contributed by atoms with van der Waals surface area (Å²) in [5, 5.41) is 4.26. The number of ether oxygens (including phenoxy) is 1.